The molecule has 1 atom stereocenters. The lowest BCUT2D eigenvalue weighted by molar-refractivity contribution is -0.184. The first-order chi connectivity index (χ1) is 8.38. The lowest BCUT2D eigenvalue weighted by Crippen LogP contribution is -2.44. The molecular weight excluding hydrogens is 249 g/mol. The number of alkyl halides is 3. The first-order valence-corrected chi connectivity index (χ1v) is 5.63. The number of nitrogens with zero attached hydrogens (tertiary/aromatic N) is 3. The van der Waals surface area contributed by atoms with Crippen LogP contribution >= 0.6 is 0 Å². The molecule has 2 heterocycles. The van der Waals surface area contributed by atoms with Gasteiger partial charge in [0.1, 0.15) is 5.82 Å². The molecule has 1 fully saturated rings. The zero-order valence-electron chi connectivity index (χ0n) is 9.79. The lowest BCUT2D eigenvalue weighted by Gasteiger charge is -2.33. The topological polar surface area (TPSA) is 61.9 Å². The maximum absolute atomic E-state index is 12.6. The van der Waals surface area contributed by atoms with Crippen molar-refractivity contribution in [3.05, 3.63) is 11.6 Å². The van der Waals surface area contributed by atoms with Gasteiger partial charge < -0.3 is 4.90 Å². The van der Waals surface area contributed by atoms with E-state index in [9.17, 15) is 18.0 Å². The van der Waals surface area contributed by atoms with Crippen LogP contribution < -0.4 is 0 Å². The van der Waals surface area contributed by atoms with Gasteiger partial charge in [0.25, 0.3) is 5.91 Å². The molecule has 0 radical (unpaired) electrons. The van der Waals surface area contributed by atoms with Crippen molar-refractivity contribution in [2.75, 3.05) is 13.1 Å². The molecule has 1 N–H and O–H groups in total. The second-order valence-electron chi connectivity index (χ2n) is 4.38. The number of piperidine rings is 1. The van der Waals surface area contributed by atoms with Gasteiger partial charge >= 0.3 is 6.18 Å². The molecule has 1 unspecified atom stereocenters. The second-order valence-corrected chi connectivity index (χ2v) is 4.38. The standard InChI is InChI=1S/C10H13F3N4O/c1-6-14-8(16-15-6)9(18)17-4-2-3-7(5-17)10(11,12)13/h7H,2-5H2,1H3,(H,14,15,16). The van der Waals surface area contributed by atoms with Crippen LogP contribution in [-0.4, -0.2) is 45.3 Å². The molecule has 2 rings (SSSR count). The Morgan fingerprint density at radius 1 is 1.50 bits per heavy atom. The van der Waals surface area contributed by atoms with Crippen molar-refractivity contribution in [1.82, 2.24) is 20.1 Å². The van der Waals surface area contributed by atoms with E-state index in [1.54, 1.807) is 6.92 Å². The van der Waals surface area contributed by atoms with Gasteiger partial charge in [-0.2, -0.15) is 13.2 Å². The number of carbonyl (C=O) groups excluding carboxylic acids is 1. The predicted octanol–water partition coefficient (Wildman–Crippen LogP) is 1.53. The summed E-state index contributed by atoms with van der Waals surface area (Å²) < 4.78 is 37.8. The van der Waals surface area contributed by atoms with Gasteiger partial charge in [-0.05, 0) is 19.8 Å². The highest BCUT2D eigenvalue weighted by atomic mass is 19.4. The van der Waals surface area contributed by atoms with E-state index in [0.717, 1.165) is 0 Å². The fourth-order valence-electron chi connectivity index (χ4n) is 2.01. The summed E-state index contributed by atoms with van der Waals surface area (Å²) in [7, 11) is 0. The van der Waals surface area contributed by atoms with E-state index in [4.69, 9.17) is 0 Å². The fourth-order valence-corrected chi connectivity index (χ4v) is 2.01. The molecule has 1 aromatic heterocycles. The maximum atomic E-state index is 12.6. The van der Waals surface area contributed by atoms with Gasteiger partial charge in [0.2, 0.25) is 5.82 Å². The zero-order chi connectivity index (χ0) is 13.3. The molecule has 18 heavy (non-hydrogen) atoms. The number of hydrogen-bond acceptors (Lipinski definition) is 3. The van der Waals surface area contributed by atoms with E-state index in [0.29, 0.717) is 18.8 Å². The average molecular weight is 262 g/mol. The molecular formula is C10H13F3N4O. The molecule has 100 valence electrons. The van der Waals surface area contributed by atoms with Crippen LogP contribution in [0.15, 0.2) is 0 Å². The minimum absolute atomic E-state index is 0.0697. The molecule has 0 bridgehead atoms. The number of likely N-dealkylation sites (tertiary alicyclic amines) is 1. The summed E-state index contributed by atoms with van der Waals surface area (Å²) in [5.74, 6) is -1.61. The number of aromatic amines is 1. The van der Waals surface area contributed by atoms with Crippen molar-refractivity contribution < 1.29 is 18.0 Å². The first-order valence-electron chi connectivity index (χ1n) is 5.63. The number of hydrogen-bond donors (Lipinski definition) is 1. The highest BCUT2D eigenvalue weighted by Crippen LogP contribution is 2.33. The molecule has 1 amide bonds. The fraction of sp³-hybridized carbons (Fsp3) is 0.700. The Kier molecular flexibility index (Phi) is 3.27. The summed E-state index contributed by atoms with van der Waals surface area (Å²) in [6, 6.07) is 0. The van der Waals surface area contributed by atoms with Crippen LogP contribution in [0.1, 0.15) is 29.3 Å². The Hall–Kier alpha value is -1.60. The molecule has 0 spiro atoms. The Balaban J connectivity index is 2.07. The number of aromatic nitrogens is 3. The summed E-state index contributed by atoms with van der Waals surface area (Å²) in [6.45, 7) is 1.63. The monoisotopic (exact) mass is 262 g/mol. The Bertz CT molecular complexity index is 443. The van der Waals surface area contributed by atoms with Crippen molar-refractivity contribution in [3.63, 3.8) is 0 Å². The number of rotatable bonds is 1. The van der Waals surface area contributed by atoms with E-state index in [1.165, 1.54) is 4.90 Å². The minimum atomic E-state index is -4.26. The highest BCUT2D eigenvalue weighted by Gasteiger charge is 2.43. The van der Waals surface area contributed by atoms with Crippen molar-refractivity contribution in [1.29, 1.82) is 0 Å². The molecule has 1 aliphatic heterocycles. The van der Waals surface area contributed by atoms with Gasteiger partial charge in [0.15, 0.2) is 0 Å². The number of H-pyrrole nitrogens is 1. The van der Waals surface area contributed by atoms with E-state index < -0.39 is 18.0 Å². The van der Waals surface area contributed by atoms with Crippen LogP contribution in [0.25, 0.3) is 0 Å². The van der Waals surface area contributed by atoms with E-state index in [1.807, 2.05) is 0 Å². The quantitative estimate of drug-likeness (QED) is 0.834. The van der Waals surface area contributed by atoms with Crippen LogP contribution in [0.3, 0.4) is 0 Å². The highest BCUT2D eigenvalue weighted by molar-refractivity contribution is 5.90. The van der Waals surface area contributed by atoms with E-state index in [2.05, 4.69) is 15.2 Å². The number of amides is 1. The number of nitrogens with one attached hydrogen (secondary N) is 1. The third-order valence-electron chi connectivity index (χ3n) is 2.96. The molecule has 1 aliphatic rings. The van der Waals surface area contributed by atoms with Gasteiger partial charge in [-0.1, -0.05) is 0 Å². The number of halogens is 3. The van der Waals surface area contributed by atoms with Crippen LogP contribution in [0.5, 0.6) is 0 Å². The van der Waals surface area contributed by atoms with E-state index >= 15 is 0 Å². The van der Waals surface area contributed by atoms with Crippen molar-refractivity contribution in [3.8, 4) is 0 Å². The third kappa shape index (κ3) is 2.62. The maximum Gasteiger partial charge on any atom is 0.393 e. The lowest BCUT2D eigenvalue weighted by atomic mass is 9.97. The molecule has 0 saturated carbocycles. The van der Waals surface area contributed by atoms with Crippen molar-refractivity contribution in [2.45, 2.75) is 25.9 Å². The first kappa shape index (κ1) is 12.8. The van der Waals surface area contributed by atoms with Gasteiger partial charge in [0.05, 0.1) is 5.92 Å². The van der Waals surface area contributed by atoms with E-state index in [-0.39, 0.29) is 18.8 Å². The second kappa shape index (κ2) is 4.58. The molecule has 0 aromatic carbocycles. The molecule has 8 heteroatoms. The summed E-state index contributed by atoms with van der Waals surface area (Å²) in [6.07, 6.45) is -3.84. The normalized spacial score (nSPS) is 21.1. The van der Waals surface area contributed by atoms with Gasteiger partial charge in [-0.15, -0.1) is 5.10 Å². The van der Waals surface area contributed by atoms with Crippen LogP contribution in [-0.2, 0) is 0 Å². The number of aryl methyl sites for hydroxylation is 1. The summed E-state index contributed by atoms with van der Waals surface area (Å²) >= 11 is 0. The largest absolute Gasteiger partial charge is 0.393 e. The van der Waals surface area contributed by atoms with Crippen LogP contribution in [0.2, 0.25) is 0 Å². The van der Waals surface area contributed by atoms with Gasteiger partial charge in [-0.3, -0.25) is 9.89 Å². The Morgan fingerprint density at radius 3 is 2.78 bits per heavy atom. The smallest absolute Gasteiger partial charge is 0.335 e. The van der Waals surface area contributed by atoms with Gasteiger partial charge in [-0.25, -0.2) is 4.98 Å². The summed E-state index contributed by atoms with van der Waals surface area (Å²) in [5, 5.41) is 6.17. The molecule has 1 aromatic rings. The SMILES string of the molecule is Cc1nc(C(=O)N2CCCC(C(F)(F)F)C2)n[nH]1. The molecule has 5 nitrogen and oxygen atoms in total. The Labute approximate surface area is 101 Å². The van der Waals surface area contributed by atoms with Crippen LogP contribution in [0, 0.1) is 12.8 Å². The van der Waals surface area contributed by atoms with Crippen molar-refractivity contribution >= 4 is 5.91 Å². The zero-order valence-corrected chi connectivity index (χ0v) is 9.79. The Morgan fingerprint density at radius 2 is 2.22 bits per heavy atom. The number of carbonyl (C=O) groups is 1. The molecule has 1 saturated heterocycles. The van der Waals surface area contributed by atoms with Gasteiger partial charge in [0, 0.05) is 13.1 Å². The van der Waals surface area contributed by atoms with Crippen LogP contribution in [0.4, 0.5) is 13.2 Å². The van der Waals surface area contributed by atoms with Crippen molar-refractivity contribution in [2.24, 2.45) is 5.92 Å². The average Bonchev–Trinajstić information content (AvgIpc) is 2.74. The molecule has 0 aliphatic carbocycles. The summed E-state index contributed by atoms with van der Waals surface area (Å²) in [4.78, 5) is 16.9. The summed E-state index contributed by atoms with van der Waals surface area (Å²) in [5.41, 5.74) is 0. The third-order valence-corrected chi connectivity index (χ3v) is 2.96. The minimum Gasteiger partial charge on any atom is -0.335 e. The predicted molar refractivity (Wildman–Crippen MR) is 55.8 cm³/mol.